The van der Waals surface area contributed by atoms with Crippen LogP contribution in [0.4, 0.5) is 11.4 Å². The molecule has 39 heavy (non-hydrogen) atoms. The molecule has 1 aliphatic heterocycles. The SMILES string of the molecule is CCOc1ccc(N2C(=O)C(=Cc3cc(OC)c(OC)c(OC)c3)S(=O)(=O)C2c2cccc([N+](=O)[O-])c2)cc1. The molecule has 0 aromatic heterocycles. The third-order valence-corrected chi connectivity index (χ3v) is 8.02. The van der Waals surface area contributed by atoms with E-state index in [9.17, 15) is 23.3 Å². The lowest BCUT2D eigenvalue weighted by Crippen LogP contribution is -2.29. The molecule has 1 saturated heterocycles. The Bertz CT molecular complexity index is 1520. The van der Waals surface area contributed by atoms with Crippen LogP contribution in [-0.4, -0.2) is 47.2 Å². The smallest absolute Gasteiger partial charge is 0.271 e. The maximum Gasteiger partial charge on any atom is 0.271 e. The van der Waals surface area contributed by atoms with Crippen molar-refractivity contribution in [3.8, 4) is 23.0 Å². The first-order chi connectivity index (χ1) is 18.7. The molecule has 0 radical (unpaired) electrons. The molecule has 1 amide bonds. The van der Waals surface area contributed by atoms with E-state index in [0.29, 0.717) is 23.7 Å². The molecule has 0 saturated carbocycles. The van der Waals surface area contributed by atoms with E-state index in [-0.39, 0.29) is 28.4 Å². The summed E-state index contributed by atoms with van der Waals surface area (Å²) < 4.78 is 49.4. The minimum Gasteiger partial charge on any atom is -0.494 e. The lowest BCUT2D eigenvalue weighted by atomic mass is 10.1. The van der Waals surface area contributed by atoms with E-state index in [1.54, 1.807) is 24.3 Å². The summed E-state index contributed by atoms with van der Waals surface area (Å²) >= 11 is 0. The van der Waals surface area contributed by atoms with Crippen LogP contribution >= 0.6 is 0 Å². The molecular formula is C27H26N2O9S. The van der Waals surface area contributed by atoms with E-state index in [0.717, 1.165) is 11.0 Å². The number of amides is 1. The number of hydrogen-bond acceptors (Lipinski definition) is 9. The van der Waals surface area contributed by atoms with Crippen molar-refractivity contribution < 1.29 is 37.1 Å². The highest BCUT2D eigenvalue weighted by atomic mass is 32.2. The van der Waals surface area contributed by atoms with Gasteiger partial charge in [-0.25, -0.2) is 8.42 Å². The van der Waals surface area contributed by atoms with Crippen molar-refractivity contribution in [2.24, 2.45) is 0 Å². The second-order valence-corrected chi connectivity index (χ2v) is 10.3. The van der Waals surface area contributed by atoms with Crippen molar-refractivity contribution >= 4 is 33.2 Å². The van der Waals surface area contributed by atoms with Crippen LogP contribution in [0.5, 0.6) is 23.0 Å². The standard InChI is InChI=1S/C27H26N2O9S/c1-5-38-21-11-9-19(10-12-21)28-26(30)24(15-17-13-22(35-2)25(37-4)23(14-17)36-3)39(33,34)27(28)18-7-6-8-20(16-18)29(31)32/h6-16,27H,5H2,1-4H3. The van der Waals surface area contributed by atoms with Gasteiger partial charge in [-0.3, -0.25) is 19.8 Å². The van der Waals surface area contributed by atoms with Crippen LogP contribution in [0.3, 0.4) is 0 Å². The summed E-state index contributed by atoms with van der Waals surface area (Å²) in [6.45, 7) is 2.25. The fourth-order valence-corrected chi connectivity index (χ4v) is 6.21. The minimum atomic E-state index is -4.37. The Balaban J connectivity index is 1.92. The van der Waals surface area contributed by atoms with Gasteiger partial charge >= 0.3 is 0 Å². The van der Waals surface area contributed by atoms with Crippen LogP contribution in [0.2, 0.25) is 0 Å². The van der Waals surface area contributed by atoms with Gasteiger partial charge < -0.3 is 18.9 Å². The zero-order chi connectivity index (χ0) is 28.3. The number of methoxy groups -OCH3 is 3. The normalized spacial score (nSPS) is 17.2. The summed E-state index contributed by atoms with van der Waals surface area (Å²) in [4.78, 5) is 25.2. The van der Waals surface area contributed by atoms with E-state index in [1.807, 2.05) is 6.92 Å². The average molecular weight is 555 g/mol. The zero-order valence-corrected chi connectivity index (χ0v) is 22.4. The van der Waals surface area contributed by atoms with Gasteiger partial charge in [0.2, 0.25) is 15.6 Å². The predicted octanol–water partition coefficient (Wildman–Crippen LogP) is 4.52. The highest BCUT2D eigenvalue weighted by Gasteiger charge is 2.50. The van der Waals surface area contributed by atoms with Gasteiger partial charge in [-0.2, -0.15) is 0 Å². The lowest BCUT2D eigenvalue weighted by molar-refractivity contribution is -0.384. The molecule has 204 valence electrons. The number of benzene rings is 3. The number of ether oxygens (including phenoxy) is 4. The van der Waals surface area contributed by atoms with Crippen molar-refractivity contribution in [2.45, 2.75) is 12.3 Å². The molecule has 3 aromatic rings. The first-order valence-corrected chi connectivity index (χ1v) is 13.3. The van der Waals surface area contributed by atoms with Crippen LogP contribution in [0.25, 0.3) is 6.08 Å². The monoisotopic (exact) mass is 554 g/mol. The van der Waals surface area contributed by atoms with Gasteiger partial charge in [0.1, 0.15) is 10.7 Å². The Morgan fingerprint density at radius 2 is 1.62 bits per heavy atom. The van der Waals surface area contributed by atoms with Crippen LogP contribution < -0.4 is 23.8 Å². The third-order valence-electron chi connectivity index (χ3n) is 6.04. The van der Waals surface area contributed by atoms with Gasteiger partial charge in [0.25, 0.3) is 11.6 Å². The summed E-state index contributed by atoms with van der Waals surface area (Å²) in [5, 5.41) is 9.89. The molecule has 0 spiro atoms. The fourth-order valence-electron chi connectivity index (χ4n) is 4.33. The number of nitro groups is 1. The molecule has 11 nitrogen and oxygen atoms in total. The highest BCUT2D eigenvalue weighted by molar-refractivity contribution is 7.97. The first-order valence-electron chi connectivity index (χ1n) is 11.7. The predicted molar refractivity (Wildman–Crippen MR) is 144 cm³/mol. The number of carbonyl (C=O) groups is 1. The maximum absolute atomic E-state index is 14.0. The van der Waals surface area contributed by atoms with Gasteiger partial charge in [-0.15, -0.1) is 0 Å². The summed E-state index contributed by atoms with van der Waals surface area (Å²) in [6.07, 6.45) is 1.22. The molecule has 0 N–H and O–H groups in total. The number of non-ortho nitro benzene ring substituents is 1. The number of nitrogens with zero attached hydrogens (tertiary/aromatic N) is 2. The number of nitro benzene ring substituents is 1. The number of hydrogen-bond donors (Lipinski definition) is 0. The summed E-state index contributed by atoms with van der Waals surface area (Å²) in [7, 11) is -0.111. The molecule has 0 bridgehead atoms. The van der Waals surface area contributed by atoms with E-state index < -0.39 is 30.9 Å². The molecule has 1 fully saturated rings. The largest absolute Gasteiger partial charge is 0.494 e. The topological polar surface area (TPSA) is 135 Å². The van der Waals surface area contributed by atoms with Crippen molar-refractivity contribution in [3.05, 3.63) is 86.8 Å². The van der Waals surface area contributed by atoms with Crippen LogP contribution in [-0.2, 0) is 14.6 Å². The van der Waals surface area contributed by atoms with E-state index in [4.69, 9.17) is 18.9 Å². The molecule has 1 heterocycles. The summed E-state index contributed by atoms with van der Waals surface area (Å²) in [6, 6.07) is 14.6. The van der Waals surface area contributed by atoms with Crippen molar-refractivity contribution in [2.75, 3.05) is 32.8 Å². The van der Waals surface area contributed by atoms with Crippen LogP contribution in [0.1, 0.15) is 23.4 Å². The summed E-state index contributed by atoms with van der Waals surface area (Å²) in [5.41, 5.74) is 0.350. The Morgan fingerprint density at radius 1 is 0.974 bits per heavy atom. The van der Waals surface area contributed by atoms with Gasteiger partial charge in [-0.05, 0) is 60.5 Å². The number of carbonyl (C=O) groups excluding carboxylic acids is 1. The van der Waals surface area contributed by atoms with Crippen LogP contribution in [0, 0.1) is 10.1 Å². The van der Waals surface area contributed by atoms with Crippen molar-refractivity contribution in [1.82, 2.24) is 0 Å². The first kappa shape index (κ1) is 27.5. The van der Waals surface area contributed by atoms with E-state index >= 15 is 0 Å². The van der Waals surface area contributed by atoms with Gasteiger partial charge in [-0.1, -0.05) is 12.1 Å². The minimum absolute atomic E-state index is 0.0692. The molecule has 1 atom stereocenters. The second-order valence-electron chi connectivity index (χ2n) is 8.32. The lowest BCUT2D eigenvalue weighted by Gasteiger charge is -2.23. The molecule has 3 aromatic carbocycles. The fraction of sp³-hybridized carbons (Fsp3) is 0.222. The third kappa shape index (κ3) is 5.10. The average Bonchev–Trinajstić information content (AvgIpc) is 3.13. The second kappa shape index (κ2) is 11.0. The van der Waals surface area contributed by atoms with Gasteiger partial charge in [0, 0.05) is 17.8 Å². The molecule has 4 rings (SSSR count). The Hall–Kier alpha value is -4.58. The Morgan fingerprint density at radius 3 is 2.15 bits per heavy atom. The molecule has 1 aliphatic rings. The maximum atomic E-state index is 14.0. The molecule has 1 unspecified atom stereocenters. The Kier molecular flexibility index (Phi) is 7.77. The quantitative estimate of drug-likeness (QED) is 0.212. The highest BCUT2D eigenvalue weighted by Crippen LogP contribution is 2.45. The van der Waals surface area contributed by atoms with E-state index in [2.05, 4.69) is 0 Å². The molecular weight excluding hydrogens is 528 g/mol. The van der Waals surface area contributed by atoms with Gasteiger partial charge in [0.05, 0.1) is 32.9 Å². The van der Waals surface area contributed by atoms with Gasteiger partial charge in [0.15, 0.2) is 16.9 Å². The molecule has 12 heteroatoms. The zero-order valence-electron chi connectivity index (χ0n) is 21.6. The van der Waals surface area contributed by atoms with Crippen LogP contribution in [0.15, 0.2) is 65.6 Å². The Labute approximate surface area is 225 Å². The van der Waals surface area contributed by atoms with Crippen molar-refractivity contribution in [1.29, 1.82) is 0 Å². The summed E-state index contributed by atoms with van der Waals surface area (Å²) in [5.74, 6) is 0.573. The van der Waals surface area contributed by atoms with E-state index in [1.165, 1.54) is 57.7 Å². The molecule has 0 aliphatic carbocycles. The number of rotatable bonds is 9. The number of sulfone groups is 1. The number of anilines is 1. The van der Waals surface area contributed by atoms with Crippen molar-refractivity contribution in [3.63, 3.8) is 0 Å².